The minimum atomic E-state index is -0.960. The van der Waals surface area contributed by atoms with Crippen LogP contribution < -0.4 is 15.4 Å². The summed E-state index contributed by atoms with van der Waals surface area (Å²) in [5, 5.41) is 17.4. The predicted molar refractivity (Wildman–Crippen MR) is 154 cm³/mol. The number of nitro groups is 1. The summed E-state index contributed by atoms with van der Waals surface area (Å²) < 4.78 is 20.2. The van der Waals surface area contributed by atoms with Crippen LogP contribution in [0.2, 0.25) is 0 Å². The van der Waals surface area contributed by atoms with Crippen LogP contribution in [0.4, 0.5) is 10.1 Å². The summed E-state index contributed by atoms with van der Waals surface area (Å²) in [7, 11) is 0. The minimum Gasteiger partial charge on any atom is -0.450 e. The molecule has 0 aliphatic carbocycles. The topological polar surface area (TPSA) is 131 Å². The van der Waals surface area contributed by atoms with E-state index in [1.54, 1.807) is 42.5 Å². The van der Waals surface area contributed by atoms with Crippen molar-refractivity contribution in [3.63, 3.8) is 0 Å². The predicted octanol–water partition coefficient (Wildman–Crippen LogP) is 4.41. The van der Waals surface area contributed by atoms with Gasteiger partial charge in [-0.25, -0.2) is 4.39 Å². The Morgan fingerprint density at radius 2 is 1.93 bits per heavy atom. The number of nitrogens with one attached hydrogen (secondary N) is 2. The van der Waals surface area contributed by atoms with E-state index in [1.807, 2.05) is 13.8 Å². The van der Waals surface area contributed by atoms with Gasteiger partial charge in [-0.05, 0) is 54.2 Å². The van der Waals surface area contributed by atoms with Crippen LogP contribution in [0.15, 0.2) is 66.7 Å². The maximum absolute atomic E-state index is 14.3. The molecule has 1 atom stereocenters. The van der Waals surface area contributed by atoms with Gasteiger partial charge in [0, 0.05) is 37.2 Å². The number of nitro benzene ring substituents is 1. The first-order valence-electron chi connectivity index (χ1n) is 13.8. The van der Waals surface area contributed by atoms with Crippen LogP contribution in [-0.4, -0.2) is 53.2 Å². The van der Waals surface area contributed by atoms with E-state index in [1.165, 1.54) is 29.2 Å². The van der Waals surface area contributed by atoms with E-state index in [4.69, 9.17) is 4.74 Å². The Hall–Kier alpha value is -4.80. The van der Waals surface area contributed by atoms with Crippen molar-refractivity contribution in [2.45, 2.75) is 39.2 Å². The highest BCUT2D eigenvalue weighted by molar-refractivity contribution is 5.98. The third kappa shape index (κ3) is 7.90. The van der Waals surface area contributed by atoms with Gasteiger partial charge in [-0.15, -0.1) is 0 Å². The van der Waals surface area contributed by atoms with Gasteiger partial charge in [0.25, 0.3) is 5.91 Å². The number of hydrogen-bond acceptors (Lipinski definition) is 6. The summed E-state index contributed by atoms with van der Waals surface area (Å²) in [6, 6.07) is 15.6. The number of carbonyl (C=O) groups is 3. The van der Waals surface area contributed by atoms with E-state index in [0.717, 1.165) is 6.42 Å². The third-order valence-corrected chi connectivity index (χ3v) is 6.87. The van der Waals surface area contributed by atoms with Gasteiger partial charge in [0.1, 0.15) is 17.6 Å². The molecule has 0 saturated carbocycles. The Morgan fingerprint density at radius 1 is 1.14 bits per heavy atom. The molecule has 11 heteroatoms. The molecule has 42 heavy (non-hydrogen) atoms. The summed E-state index contributed by atoms with van der Waals surface area (Å²) >= 11 is 0. The zero-order valence-corrected chi connectivity index (χ0v) is 23.5. The summed E-state index contributed by atoms with van der Waals surface area (Å²) in [6.07, 6.45) is 0.984. The first-order chi connectivity index (χ1) is 20.1. The Bertz CT molecular complexity index is 1480. The van der Waals surface area contributed by atoms with Gasteiger partial charge in [-0.3, -0.25) is 24.5 Å². The lowest BCUT2D eigenvalue weighted by Crippen LogP contribution is -2.51. The molecule has 3 aromatic carbocycles. The summed E-state index contributed by atoms with van der Waals surface area (Å²) in [5.41, 5.74) is 0.717. The summed E-state index contributed by atoms with van der Waals surface area (Å²) in [5.74, 6) is -1.53. The zero-order chi connectivity index (χ0) is 30.2. The van der Waals surface area contributed by atoms with Crippen molar-refractivity contribution in [2.75, 3.05) is 19.6 Å². The van der Waals surface area contributed by atoms with Gasteiger partial charge >= 0.3 is 5.69 Å². The highest BCUT2D eigenvalue weighted by Gasteiger charge is 2.27. The van der Waals surface area contributed by atoms with Gasteiger partial charge in [-0.1, -0.05) is 44.2 Å². The molecule has 1 aliphatic heterocycles. The number of carbonyl (C=O) groups excluding carboxylic acids is 3. The molecule has 0 spiro atoms. The molecule has 2 N–H and O–H groups in total. The maximum Gasteiger partial charge on any atom is 0.311 e. The van der Waals surface area contributed by atoms with Crippen LogP contribution in [0.3, 0.4) is 0 Å². The molecule has 4 bridgehead atoms. The van der Waals surface area contributed by atoms with Crippen molar-refractivity contribution in [3.05, 3.63) is 99.4 Å². The second-order valence-corrected chi connectivity index (χ2v) is 10.6. The lowest BCUT2D eigenvalue weighted by atomic mass is 10.0. The highest BCUT2D eigenvalue weighted by atomic mass is 19.1. The van der Waals surface area contributed by atoms with Crippen LogP contribution in [0.1, 0.15) is 41.8 Å². The molecule has 3 amide bonds. The van der Waals surface area contributed by atoms with E-state index in [2.05, 4.69) is 10.6 Å². The molecule has 0 aromatic heterocycles. The molecular weight excluding hydrogens is 543 g/mol. The fraction of sp³-hybridized carbons (Fsp3) is 0.323. The molecule has 3 aromatic rings. The second-order valence-electron chi connectivity index (χ2n) is 10.6. The van der Waals surface area contributed by atoms with Crippen molar-refractivity contribution in [3.8, 4) is 11.5 Å². The second kappa shape index (κ2) is 13.7. The molecule has 0 radical (unpaired) electrons. The molecule has 10 nitrogen and oxygen atoms in total. The van der Waals surface area contributed by atoms with E-state index < -0.39 is 35.1 Å². The molecular formula is C31H33FN4O6. The molecule has 1 aliphatic rings. The van der Waals surface area contributed by atoms with E-state index >= 15 is 0 Å². The largest absolute Gasteiger partial charge is 0.450 e. The molecule has 4 rings (SSSR count). The SMILES string of the molecule is CC(C)CCNC(=O)[C@@H]1Cc2cccc(c2)Oc2cc(ccc2[N+](=O)[O-])C(=O)N(CCc2ccccc2F)CC(=O)N1. The Balaban J connectivity index is 1.71. The quantitative estimate of drug-likeness (QED) is 0.302. The van der Waals surface area contributed by atoms with Gasteiger partial charge < -0.3 is 20.3 Å². The lowest BCUT2D eigenvalue weighted by Gasteiger charge is -2.25. The zero-order valence-electron chi connectivity index (χ0n) is 23.5. The summed E-state index contributed by atoms with van der Waals surface area (Å²) in [6.45, 7) is 4.06. The maximum atomic E-state index is 14.3. The smallest absolute Gasteiger partial charge is 0.311 e. The Morgan fingerprint density at radius 3 is 2.67 bits per heavy atom. The van der Waals surface area contributed by atoms with Gasteiger partial charge in [-0.2, -0.15) is 0 Å². The van der Waals surface area contributed by atoms with Crippen LogP contribution in [0.25, 0.3) is 0 Å². The van der Waals surface area contributed by atoms with Crippen molar-refractivity contribution >= 4 is 23.4 Å². The van der Waals surface area contributed by atoms with Crippen molar-refractivity contribution in [1.29, 1.82) is 0 Å². The fourth-order valence-corrected chi connectivity index (χ4v) is 4.60. The first-order valence-corrected chi connectivity index (χ1v) is 13.8. The lowest BCUT2D eigenvalue weighted by molar-refractivity contribution is -0.385. The van der Waals surface area contributed by atoms with Gasteiger partial charge in [0.2, 0.25) is 17.6 Å². The van der Waals surface area contributed by atoms with Crippen molar-refractivity contribution in [1.82, 2.24) is 15.5 Å². The number of halogens is 1. The molecule has 220 valence electrons. The number of amides is 3. The number of nitrogens with zero attached hydrogens (tertiary/aromatic N) is 2. The number of fused-ring (bicyclic) bond motifs is 4. The molecule has 0 unspecified atom stereocenters. The van der Waals surface area contributed by atoms with Crippen molar-refractivity contribution in [2.24, 2.45) is 5.92 Å². The Labute approximate surface area is 243 Å². The highest BCUT2D eigenvalue weighted by Crippen LogP contribution is 2.33. The normalized spacial score (nSPS) is 15.4. The average molecular weight is 577 g/mol. The molecule has 0 saturated heterocycles. The molecule has 1 heterocycles. The third-order valence-electron chi connectivity index (χ3n) is 6.87. The molecule has 0 fully saturated rings. The Kier molecular flexibility index (Phi) is 9.85. The first kappa shape index (κ1) is 30.2. The average Bonchev–Trinajstić information content (AvgIpc) is 2.94. The fourth-order valence-electron chi connectivity index (χ4n) is 4.60. The van der Waals surface area contributed by atoms with Gasteiger partial charge in [0.05, 0.1) is 11.5 Å². The van der Waals surface area contributed by atoms with Crippen LogP contribution in [-0.2, 0) is 22.4 Å². The van der Waals surface area contributed by atoms with Gasteiger partial charge in [0.15, 0.2) is 0 Å². The van der Waals surface area contributed by atoms with Crippen LogP contribution in [0.5, 0.6) is 11.5 Å². The standard InChI is InChI=1S/C31H33FN4O6/c1-20(2)12-14-33-30(38)26-17-21-6-5-8-24(16-21)42-28-18-23(10-11-27(28)36(40)41)31(39)35(19-29(37)34-26)15-13-22-7-3-4-9-25(22)32/h3-11,16,18,20,26H,12-15,17,19H2,1-2H3,(H,33,38)(H,34,37)/t26-/m0/s1. The van der Waals surface area contributed by atoms with Crippen molar-refractivity contribution < 1.29 is 28.4 Å². The van der Waals surface area contributed by atoms with E-state index in [0.29, 0.717) is 23.6 Å². The van der Waals surface area contributed by atoms with Crippen LogP contribution in [0, 0.1) is 21.8 Å². The minimum absolute atomic E-state index is 0.0232. The number of hydrogen-bond donors (Lipinski definition) is 2. The van der Waals surface area contributed by atoms with Crippen LogP contribution >= 0.6 is 0 Å². The number of ether oxygens (including phenoxy) is 1. The summed E-state index contributed by atoms with van der Waals surface area (Å²) in [4.78, 5) is 52.5. The monoisotopic (exact) mass is 576 g/mol. The van der Waals surface area contributed by atoms with E-state index in [-0.39, 0.29) is 48.0 Å². The number of benzene rings is 3. The van der Waals surface area contributed by atoms with E-state index in [9.17, 15) is 28.9 Å². The number of rotatable bonds is 8.